The van der Waals surface area contributed by atoms with Crippen LogP contribution in [0.2, 0.25) is 0 Å². The zero-order valence-electron chi connectivity index (χ0n) is 10.7. The maximum Gasteiger partial charge on any atom is 0.112 e. The van der Waals surface area contributed by atoms with Gasteiger partial charge in [0.15, 0.2) is 0 Å². The summed E-state index contributed by atoms with van der Waals surface area (Å²) in [6.07, 6.45) is 3.69. The number of para-hydroxylation sites is 1. The molecular weight excluding hydrogens is 210 g/mol. The zero-order chi connectivity index (χ0) is 12.3. The number of benzene rings is 1. The topological polar surface area (TPSA) is 28.0 Å². The molecule has 0 aliphatic carbocycles. The fourth-order valence-electron chi connectivity index (χ4n) is 2.06. The van der Waals surface area contributed by atoms with E-state index in [0.717, 1.165) is 18.7 Å². The number of hydrogen-bond acceptors (Lipinski definition) is 3. The first kappa shape index (κ1) is 11.8. The van der Waals surface area contributed by atoms with E-state index in [1.165, 1.54) is 11.3 Å². The summed E-state index contributed by atoms with van der Waals surface area (Å²) in [7, 11) is 2.08. The summed E-state index contributed by atoms with van der Waals surface area (Å²) in [5, 5.41) is 0. The molecule has 0 N–H and O–H groups in total. The number of aryl methyl sites for hydroxylation is 1. The van der Waals surface area contributed by atoms with Crippen LogP contribution in [0.3, 0.4) is 0 Å². The van der Waals surface area contributed by atoms with Crippen LogP contribution in [-0.2, 0) is 0 Å². The van der Waals surface area contributed by atoms with Gasteiger partial charge in [-0.25, -0.2) is 4.99 Å². The van der Waals surface area contributed by atoms with E-state index in [0.29, 0.717) is 6.04 Å². The van der Waals surface area contributed by atoms with Gasteiger partial charge in [0, 0.05) is 19.2 Å². The van der Waals surface area contributed by atoms with E-state index in [-0.39, 0.29) is 0 Å². The first-order valence-corrected chi connectivity index (χ1v) is 6.10. The first-order valence-electron chi connectivity index (χ1n) is 6.10. The summed E-state index contributed by atoms with van der Waals surface area (Å²) in [4.78, 5) is 10.9. The summed E-state index contributed by atoms with van der Waals surface area (Å²) in [6.45, 7) is 4.29. The largest absolute Gasteiger partial charge is 0.333 e. The average Bonchev–Trinajstić information content (AvgIpc) is 2.38. The molecular formula is C14H19N3. The smallest absolute Gasteiger partial charge is 0.112 e. The third kappa shape index (κ3) is 2.54. The van der Waals surface area contributed by atoms with Gasteiger partial charge >= 0.3 is 0 Å². The lowest BCUT2D eigenvalue weighted by atomic mass is 10.1. The Hall–Kier alpha value is -1.64. The maximum absolute atomic E-state index is 4.40. The Morgan fingerprint density at radius 1 is 1.35 bits per heavy atom. The molecule has 0 radical (unpaired) electrons. The van der Waals surface area contributed by atoms with E-state index >= 15 is 0 Å². The van der Waals surface area contributed by atoms with Crippen LogP contribution in [0.5, 0.6) is 0 Å². The predicted octanol–water partition coefficient (Wildman–Crippen LogP) is 3.04. The van der Waals surface area contributed by atoms with Crippen molar-refractivity contribution in [1.82, 2.24) is 0 Å². The van der Waals surface area contributed by atoms with Crippen molar-refractivity contribution in [2.75, 3.05) is 11.9 Å². The standard InChI is InChI=1S/C14H19N3/c1-4-12-9-14(16-10-15-12)17(3)13-8-6-5-7-11(13)2/h5-8,10,12H,4,9H2,1-3H3. The van der Waals surface area contributed by atoms with Gasteiger partial charge in [0.1, 0.15) is 12.2 Å². The van der Waals surface area contributed by atoms with E-state index in [1.807, 2.05) is 0 Å². The van der Waals surface area contributed by atoms with Crippen molar-refractivity contribution >= 4 is 17.9 Å². The highest BCUT2D eigenvalue weighted by molar-refractivity contribution is 6.02. The lowest BCUT2D eigenvalue weighted by molar-refractivity contribution is 0.669. The SMILES string of the molecule is CCC1CC(N(C)c2ccccc2C)=NC=N1. The highest BCUT2D eigenvalue weighted by Crippen LogP contribution is 2.21. The minimum Gasteiger partial charge on any atom is -0.333 e. The lowest BCUT2D eigenvalue weighted by Crippen LogP contribution is -2.31. The molecule has 0 saturated carbocycles. The van der Waals surface area contributed by atoms with Gasteiger partial charge in [-0.2, -0.15) is 0 Å². The Kier molecular flexibility index (Phi) is 3.57. The second kappa shape index (κ2) is 5.13. The summed E-state index contributed by atoms with van der Waals surface area (Å²) >= 11 is 0. The normalized spacial score (nSPS) is 19.0. The molecule has 1 aromatic rings. The first-order chi connectivity index (χ1) is 8.22. The van der Waals surface area contributed by atoms with Gasteiger partial charge in [-0.1, -0.05) is 25.1 Å². The summed E-state index contributed by atoms with van der Waals surface area (Å²) in [5.74, 6) is 1.10. The second-order valence-electron chi connectivity index (χ2n) is 4.42. The molecule has 0 spiro atoms. The third-order valence-corrected chi connectivity index (χ3v) is 3.24. The van der Waals surface area contributed by atoms with Crippen LogP contribution in [0.1, 0.15) is 25.3 Å². The molecule has 1 atom stereocenters. The van der Waals surface area contributed by atoms with Crippen LogP contribution < -0.4 is 4.90 Å². The van der Waals surface area contributed by atoms with Crippen molar-refractivity contribution in [3.05, 3.63) is 29.8 Å². The predicted molar refractivity (Wildman–Crippen MR) is 74.2 cm³/mol. The van der Waals surface area contributed by atoms with Gasteiger partial charge < -0.3 is 4.90 Å². The Morgan fingerprint density at radius 3 is 2.82 bits per heavy atom. The van der Waals surface area contributed by atoms with Crippen molar-refractivity contribution in [3.63, 3.8) is 0 Å². The van der Waals surface area contributed by atoms with Crippen LogP contribution in [0.25, 0.3) is 0 Å². The Labute approximate surface area is 103 Å². The molecule has 0 saturated heterocycles. The molecule has 1 aliphatic heterocycles. The molecule has 1 aliphatic rings. The molecule has 17 heavy (non-hydrogen) atoms. The average molecular weight is 229 g/mol. The van der Waals surface area contributed by atoms with Gasteiger partial charge in [-0.15, -0.1) is 0 Å². The molecule has 1 unspecified atom stereocenters. The minimum absolute atomic E-state index is 0.383. The Balaban J connectivity index is 2.21. The van der Waals surface area contributed by atoms with E-state index in [1.54, 1.807) is 6.34 Å². The van der Waals surface area contributed by atoms with Gasteiger partial charge in [0.2, 0.25) is 0 Å². The van der Waals surface area contributed by atoms with E-state index in [2.05, 4.69) is 60.0 Å². The van der Waals surface area contributed by atoms with E-state index in [9.17, 15) is 0 Å². The molecule has 90 valence electrons. The van der Waals surface area contributed by atoms with Gasteiger partial charge in [-0.3, -0.25) is 4.99 Å². The maximum atomic E-state index is 4.40. The molecule has 0 amide bonds. The molecule has 3 nitrogen and oxygen atoms in total. The number of rotatable bonds is 2. The summed E-state index contributed by atoms with van der Waals surface area (Å²) in [5.41, 5.74) is 2.49. The third-order valence-electron chi connectivity index (χ3n) is 3.24. The minimum atomic E-state index is 0.383. The number of anilines is 1. The zero-order valence-corrected chi connectivity index (χ0v) is 10.7. The van der Waals surface area contributed by atoms with Gasteiger partial charge in [-0.05, 0) is 25.0 Å². The number of amidine groups is 1. The number of aliphatic imine (C=N–C) groups is 2. The van der Waals surface area contributed by atoms with Crippen molar-refractivity contribution in [3.8, 4) is 0 Å². The fourth-order valence-corrected chi connectivity index (χ4v) is 2.06. The highest BCUT2D eigenvalue weighted by atomic mass is 15.2. The molecule has 1 heterocycles. The Morgan fingerprint density at radius 2 is 2.12 bits per heavy atom. The molecule has 3 heteroatoms. The number of hydrogen-bond donors (Lipinski definition) is 0. The monoisotopic (exact) mass is 229 g/mol. The van der Waals surface area contributed by atoms with Crippen LogP contribution in [0.4, 0.5) is 5.69 Å². The molecule has 0 bridgehead atoms. The van der Waals surface area contributed by atoms with Crippen LogP contribution in [-0.4, -0.2) is 25.3 Å². The van der Waals surface area contributed by atoms with Gasteiger partial charge in [0.25, 0.3) is 0 Å². The number of nitrogens with zero attached hydrogens (tertiary/aromatic N) is 3. The van der Waals surface area contributed by atoms with Crippen molar-refractivity contribution < 1.29 is 0 Å². The fraction of sp³-hybridized carbons (Fsp3) is 0.429. The molecule has 0 aromatic heterocycles. The van der Waals surface area contributed by atoms with Gasteiger partial charge in [0.05, 0.1) is 6.04 Å². The molecule has 1 aromatic carbocycles. The quantitative estimate of drug-likeness (QED) is 0.766. The highest BCUT2D eigenvalue weighted by Gasteiger charge is 2.17. The van der Waals surface area contributed by atoms with Crippen LogP contribution in [0, 0.1) is 6.92 Å². The summed E-state index contributed by atoms with van der Waals surface area (Å²) in [6, 6.07) is 8.76. The molecule has 0 fully saturated rings. The summed E-state index contributed by atoms with van der Waals surface area (Å²) < 4.78 is 0. The van der Waals surface area contributed by atoms with E-state index < -0.39 is 0 Å². The van der Waals surface area contributed by atoms with Crippen LogP contribution >= 0.6 is 0 Å². The van der Waals surface area contributed by atoms with Crippen molar-refractivity contribution in [2.24, 2.45) is 9.98 Å². The Bertz CT molecular complexity index is 449. The second-order valence-corrected chi connectivity index (χ2v) is 4.42. The lowest BCUT2D eigenvalue weighted by Gasteiger charge is -2.26. The molecule has 2 rings (SSSR count). The van der Waals surface area contributed by atoms with Crippen molar-refractivity contribution in [2.45, 2.75) is 32.7 Å². The van der Waals surface area contributed by atoms with Crippen LogP contribution in [0.15, 0.2) is 34.3 Å². The van der Waals surface area contributed by atoms with Crippen molar-refractivity contribution in [1.29, 1.82) is 0 Å². The van der Waals surface area contributed by atoms with E-state index in [4.69, 9.17) is 0 Å².